The highest BCUT2D eigenvalue weighted by molar-refractivity contribution is 6.21. The van der Waals surface area contributed by atoms with Gasteiger partial charge in [-0.25, -0.2) is 0 Å². The molecule has 0 unspecified atom stereocenters. The molecule has 0 spiro atoms. The summed E-state index contributed by atoms with van der Waals surface area (Å²) < 4.78 is 2.50. The van der Waals surface area contributed by atoms with E-state index in [1.165, 1.54) is 38.1 Å². The Balaban J connectivity index is 0.000000570. The second-order valence-corrected chi connectivity index (χ2v) is 6.00. The number of hydrogen-bond acceptors (Lipinski definition) is 0. The Kier molecular flexibility index (Phi) is 7.26. The second kappa shape index (κ2) is 9.43. The first kappa shape index (κ1) is 20.0. The Morgan fingerprint density at radius 3 is 1.88 bits per heavy atom. The van der Waals surface area contributed by atoms with Crippen molar-refractivity contribution in [2.75, 3.05) is 0 Å². The molecular weight excluding hydrogens is 314 g/mol. The van der Waals surface area contributed by atoms with Gasteiger partial charge in [0.05, 0.1) is 5.52 Å². The van der Waals surface area contributed by atoms with Crippen molar-refractivity contribution in [1.82, 2.24) is 4.57 Å². The van der Waals surface area contributed by atoms with Crippen molar-refractivity contribution in [2.45, 2.75) is 60.9 Å². The fourth-order valence-corrected chi connectivity index (χ4v) is 3.74. The number of nitrogens with zero attached hydrogens (tertiary/aromatic N) is 1. The van der Waals surface area contributed by atoms with Crippen LogP contribution in [0.5, 0.6) is 0 Å². The smallest absolute Gasteiger partial charge is 0.0500 e. The van der Waals surface area contributed by atoms with Crippen molar-refractivity contribution in [1.29, 1.82) is 0 Å². The van der Waals surface area contributed by atoms with E-state index in [-0.39, 0.29) is 0 Å². The number of hydrogen-bond donors (Lipinski definition) is 0. The summed E-state index contributed by atoms with van der Waals surface area (Å²) in [5.41, 5.74) is 4.19. The molecule has 138 valence electrons. The van der Waals surface area contributed by atoms with Gasteiger partial charge in [0.1, 0.15) is 0 Å². The zero-order valence-corrected chi connectivity index (χ0v) is 17.3. The molecule has 1 heterocycles. The van der Waals surface area contributed by atoms with E-state index >= 15 is 0 Å². The number of aromatic nitrogens is 1. The SMILES string of the molecule is CC.CC.CCCn1c2ccccc2c2c3ccccc3c(CC)cc21. The molecule has 4 aromatic rings. The molecule has 0 saturated carbocycles. The van der Waals surface area contributed by atoms with Gasteiger partial charge < -0.3 is 4.57 Å². The van der Waals surface area contributed by atoms with Gasteiger partial charge in [0, 0.05) is 22.8 Å². The molecule has 0 aliphatic rings. The van der Waals surface area contributed by atoms with Gasteiger partial charge in [0.2, 0.25) is 0 Å². The molecule has 0 radical (unpaired) electrons. The van der Waals surface area contributed by atoms with Crippen LogP contribution in [0.15, 0.2) is 54.6 Å². The van der Waals surface area contributed by atoms with Crippen LogP contribution in [0.3, 0.4) is 0 Å². The minimum atomic E-state index is 1.07. The van der Waals surface area contributed by atoms with Crippen LogP contribution in [0.4, 0.5) is 0 Å². The van der Waals surface area contributed by atoms with Crippen molar-refractivity contribution < 1.29 is 0 Å². The normalized spacial score (nSPS) is 10.4. The Bertz CT molecular complexity index is 976. The van der Waals surface area contributed by atoms with Crippen molar-refractivity contribution in [2.24, 2.45) is 0 Å². The molecule has 0 atom stereocenters. The van der Waals surface area contributed by atoms with Crippen LogP contribution < -0.4 is 0 Å². The molecule has 1 heteroatoms. The molecule has 3 aromatic carbocycles. The maximum absolute atomic E-state index is 2.50. The molecule has 26 heavy (non-hydrogen) atoms. The summed E-state index contributed by atoms with van der Waals surface area (Å²) in [4.78, 5) is 0. The summed E-state index contributed by atoms with van der Waals surface area (Å²) in [6, 6.07) is 20.1. The Morgan fingerprint density at radius 2 is 1.27 bits per heavy atom. The summed E-state index contributed by atoms with van der Waals surface area (Å²) >= 11 is 0. The van der Waals surface area contributed by atoms with Gasteiger partial charge in [-0.2, -0.15) is 0 Å². The third-order valence-electron chi connectivity index (χ3n) is 4.69. The van der Waals surface area contributed by atoms with Crippen LogP contribution in [0.2, 0.25) is 0 Å². The predicted molar refractivity (Wildman–Crippen MR) is 119 cm³/mol. The van der Waals surface area contributed by atoms with Gasteiger partial charge >= 0.3 is 0 Å². The van der Waals surface area contributed by atoms with Crippen LogP contribution in [-0.2, 0) is 13.0 Å². The van der Waals surface area contributed by atoms with Crippen LogP contribution >= 0.6 is 0 Å². The Hall–Kier alpha value is -2.28. The molecule has 0 bridgehead atoms. The molecule has 0 fully saturated rings. The molecule has 0 amide bonds. The van der Waals surface area contributed by atoms with Gasteiger partial charge in [-0.05, 0) is 41.3 Å². The first-order valence-corrected chi connectivity index (χ1v) is 10.3. The zero-order chi connectivity index (χ0) is 19.1. The number of fused-ring (bicyclic) bond motifs is 5. The van der Waals surface area contributed by atoms with E-state index < -0.39 is 0 Å². The maximum Gasteiger partial charge on any atom is 0.0500 e. The molecule has 4 rings (SSSR count). The van der Waals surface area contributed by atoms with Crippen molar-refractivity contribution in [3.8, 4) is 0 Å². The van der Waals surface area contributed by atoms with Gasteiger partial charge in [-0.3, -0.25) is 0 Å². The largest absolute Gasteiger partial charge is 0.340 e. The van der Waals surface area contributed by atoms with E-state index in [2.05, 4.69) is 73.0 Å². The highest BCUT2D eigenvalue weighted by atomic mass is 15.0. The molecule has 0 aliphatic heterocycles. The van der Waals surface area contributed by atoms with E-state index in [0.29, 0.717) is 0 Å². The minimum absolute atomic E-state index is 1.07. The van der Waals surface area contributed by atoms with Gasteiger partial charge in [0.25, 0.3) is 0 Å². The van der Waals surface area contributed by atoms with E-state index in [1.54, 1.807) is 0 Å². The van der Waals surface area contributed by atoms with E-state index in [1.807, 2.05) is 27.7 Å². The lowest BCUT2D eigenvalue weighted by atomic mass is 9.98. The average Bonchev–Trinajstić information content (AvgIpc) is 3.04. The Morgan fingerprint density at radius 1 is 0.692 bits per heavy atom. The maximum atomic E-state index is 2.50. The van der Waals surface area contributed by atoms with Crippen LogP contribution in [0.1, 0.15) is 53.5 Å². The molecule has 1 nitrogen and oxygen atoms in total. The molecular formula is C25H33N. The van der Waals surface area contributed by atoms with Crippen LogP contribution in [0, 0.1) is 0 Å². The van der Waals surface area contributed by atoms with E-state index in [0.717, 1.165) is 19.4 Å². The first-order chi connectivity index (χ1) is 12.8. The Labute approximate surface area is 158 Å². The summed E-state index contributed by atoms with van der Waals surface area (Å²) in [6.45, 7) is 13.6. The van der Waals surface area contributed by atoms with E-state index in [4.69, 9.17) is 0 Å². The molecule has 1 aromatic heterocycles. The van der Waals surface area contributed by atoms with Crippen molar-refractivity contribution >= 4 is 32.6 Å². The summed E-state index contributed by atoms with van der Waals surface area (Å²) in [6.07, 6.45) is 2.23. The van der Waals surface area contributed by atoms with E-state index in [9.17, 15) is 0 Å². The lowest BCUT2D eigenvalue weighted by molar-refractivity contribution is 0.724. The fourth-order valence-electron chi connectivity index (χ4n) is 3.74. The fraction of sp³-hybridized carbons (Fsp3) is 0.360. The quantitative estimate of drug-likeness (QED) is 0.354. The van der Waals surface area contributed by atoms with Crippen molar-refractivity contribution in [3.63, 3.8) is 0 Å². The minimum Gasteiger partial charge on any atom is -0.340 e. The third-order valence-corrected chi connectivity index (χ3v) is 4.69. The average molecular weight is 348 g/mol. The highest BCUT2D eigenvalue weighted by Crippen LogP contribution is 2.36. The van der Waals surface area contributed by atoms with Crippen LogP contribution in [0.25, 0.3) is 32.6 Å². The van der Waals surface area contributed by atoms with Gasteiger partial charge in [0.15, 0.2) is 0 Å². The van der Waals surface area contributed by atoms with Gasteiger partial charge in [-0.15, -0.1) is 0 Å². The van der Waals surface area contributed by atoms with Crippen LogP contribution in [-0.4, -0.2) is 4.57 Å². The monoisotopic (exact) mass is 347 g/mol. The third kappa shape index (κ3) is 3.35. The highest BCUT2D eigenvalue weighted by Gasteiger charge is 2.14. The topological polar surface area (TPSA) is 4.93 Å². The lowest BCUT2D eigenvalue weighted by Gasteiger charge is -2.09. The summed E-state index contributed by atoms with van der Waals surface area (Å²) in [7, 11) is 0. The standard InChI is InChI=1S/C21H21N.2C2H6/c1-3-13-22-19-12-8-7-11-18(19)21-17-10-6-5-9-16(17)15(4-2)14-20(21)22;2*1-2/h5-12,14H,3-4,13H2,1-2H3;2*1-2H3. The molecule has 0 saturated heterocycles. The summed E-state index contributed by atoms with van der Waals surface area (Å²) in [5.74, 6) is 0. The zero-order valence-electron chi connectivity index (χ0n) is 17.3. The number of benzene rings is 3. The lowest BCUT2D eigenvalue weighted by Crippen LogP contribution is -1.96. The summed E-state index contributed by atoms with van der Waals surface area (Å²) in [5, 5.41) is 5.58. The number of aryl methyl sites for hydroxylation is 2. The molecule has 0 aliphatic carbocycles. The first-order valence-electron chi connectivity index (χ1n) is 10.3. The number of rotatable bonds is 3. The van der Waals surface area contributed by atoms with Gasteiger partial charge in [-0.1, -0.05) is 84.0 Å². The number of para-hydroxylation sites is 1. The van der Waals surface area contributed by atoms with Crippen molar-refractivity contribution in [3.05, 3.63) is 60.2 Å². The molecule has 0 N–H and O–H groups in total. The predicted octanol–water partition coefficient (Wildman–Crippen LogP) is 7.97. The second-order valence-electron chi connectivity index (χ2n) is 6.00.